The van der Waals surface area contributed by atoms with Crippen LogP contribution in [0.5, 0.6) is 0 Å². The molecule has 0 saturated carbocycles. The maximum absolute atomic E-state index is 15.4. The molecule has 0 aliphatic rings. The Kier molecular flexibility index (Phi) is 8.55. The van der Waals surface area contributed by atoms with Crippen LogP contribution in [0.25, 0.3) is 0 Å². The minimum absolute atomic E-state index is 3.32. The fourth-order valence-corrected chi connectivity index (χ4v) is 18.8. The third-order valence-corrected chi connectivity index (χ3v) is 19.9. The second-order valence-corrected chi connectivity index (χ2v) is 18.5. The van der Waals surface area contributed by atoms with Crippen molar-refractivity contribution < 1.29 is 87.8 Å². The van der Waals surface area contributed by atoms with Crippen LogP contribution >= 0.6 is 0 Å². The number of hydrogen-bond donors (Lipinski definition) is 0. The van der Waals surface area contributed by atoms with Crippen LogP contribution in [-0.2, 0) is 0 Å². The molecule has 0 aliphatic carbocycles. The average molecular weight is 787 g/mol. The van der Waals surface area contributed by atoms with Gasteiger partial charge in [-0.1, -0.05) is 0 Å². The summed E-state index contributed by atoms with van der Waals surface area (Å²) in [7, 11) is 0. The van der Waals surface area contributed by atoms with Crippen molar-refractivity contribution in [2.45, 2.75) is 0 Å². The molecule has 0 unspecified atom stereocenters. The van der Waals surface area contributed by atoms with Crippen LogP contribution in [0.3, 0.4) is 0 Å². The fraction of sp³-hybridized carbons (Fsp3) is 0. The Morgan fingerprint density at radius 3 is 0.356 bits per heavy atom. The van der Waals surface area contributed by atoms with Gasteiger partial charge in [-0.3, -0.25) is 0 Å². The molecule has 0 nitrogen and oxygen atoms in total. The van der Waals surface area contributed by atoms with Gasteiger partial charge in [-0.2, -0.15) is 0 Å². The van der Waals surface area contributed by atoms with Gasteiger partial charge in [0.1, 0.15) is 0 Å². The van der Waals surface area contributed by atoms with Gasteiger partial charge in [-0.05, 0) is 0 Å². The van der Waals surface area contributed by atoms with Crippen LogP contribution in [0.1, 0.15) is 0 Å². The van der Waals surface area contributed by atoms with E-state index in [1.54, 1.807) is 0 Å². The van der Waals surface area contributed by atoms with Crippen molar-refractivity contribution in [1.82, 2.24) is 0 Å². The Morgan fingerprint density at radius 2 is 0.244 bits per heavy atom. The van der Waals surface area contributed by atoms with Crippen LogP contribution in [0.4, 0.5) is 87.8 Å². The summed E-state index contributed by atoms with van der Waals surface area (Å²) in [4.78, 5) is 0. The monoisotopic (exact) mass is 788 g/mol. The first kappa shape index (κ1) is 34.2. The van der Waals surface area contributed by atoms with Crippen molar-refractivity contribution >= 4 is 32.7 Å². The van der Waals surface area contributed by atoms with Gasteiger partial charge < -0.3 is 0 Å². The molecule has 0 atom stereocenters. The molecule has 0 spiro atoms. The second-order valence-electron chi connectivity index (χ2n) is 8.53. The van der Waals surface area contributed by atoms with Crippen LogP contribution in [0.2, 0.25) is 0 Å². The standard InChI is InChI=1S/4C6F5.Sn/c4*7-2-1-3(8)5(10)6(11)4(2)9;. The summed E-state index contributed by atoms with van der Waals surface area (Å²) in [5, 5.41) is 0. The van der Waals surface area contributed by atoms with Crippen LogP contribution in [0, 0.1) is 116 Å². The second kappa shape index (κ2) is 11.3. The molecule has 0 saturated heterocycles. The van der Waals surface area contributed by atoms with Crippen molar-refractivity contribution in [2.24, 2.45) is 0 Å². The molecule has 45 heavy (non-hydrogen) atoms. The van der Waals surface area contributed by atoms with E-state index >= 15 is 35.1 Å². The summed E-state index contributed by atoms with van der Waals surface area (Å²) in [5.41, 5.74) is 0. The third-order valence-electron chi connectivity index (χ3n) is 6.34. The summed E-state index contributed by atoms with van der Waals surface area (Å²) in [6.45, 7) is 0. The summed E-state index contributed by atoms with van der Waals surface area (Å²) in [6, 6.07) is 0. The van der Waals surface area contributed by atoms with E-state index < -0.39 is 149 Å². The summed E-state index contributed by atoms with van der Waals surface area (Å²) < 4.78 is 281. The van der Waals surface area contributed by atoms with Crippen molar-refractivity contribution in [1.29, 1.82) is 0 Å². The van der Waals surface area contributed by atoms with E-state index in [0.29, 0.717) is 0 Å². The molecule has 0 bridgehead atoms. The molecule has 0 N–H and O–H groups in total. The van der Waals surface area contributed by atoms with Crippen LogP contribution < -0.4 is 14.3 Å². The topological polar surface area (TPSA) is 0 Å². The molecule has 4 aromatic rings. The van der Waals surface area contributed by atoms with Gasteiger partial charge in [-0.25, -0.2) is 0 Å². The Labute approximate surface area is 237 Å². The number of hydrogen-bond acceptors (Lipinski definition) is 0. The first-order chi connectivity index (χ1) is 20.7. The van der Waals surface area contributed by atoms with Crippen molar-refractivity contribution in [3.05, 3.63) is 116 Å². The molecule has 240 valence electrons. The van der Waals surface area contributed by atoms with E-state index in [2.05, 4.69) is 0 Å². The summed E-state index contributed by atoms with van der Waals surface area (Å²) in [5.74, 6) is -70.5. The Balaban J connectivity index is 2.69. The van der Waals surface area contributed by atoms with Crippen LogP contribution in [0.15, 0.2) is 0 Å². The molecule has 4 aromatic carbocycles. The number of halogens is 20. The third kappa shape index (κ3) is 4.37. The number of rotatable bonds is 4. The molecule has 0 aliphatic heterocycles. The van der Waals surface area contributed by atoms with Gasteiger partial charge in [-0.15, -0.1) is 0 Å². The molecule has 0 radical (unpaired) electrons. The SMILES string of the molecule is Fc1c(F)c(F)[c]([Sn]([c]2c(F)c(F)c(F)c(F)c2F)([c]2c(F)c(F)c(F)c(F)c2F)[c]2c(F)c(F)c(F)c(F)c2F)c(F)c1F. The summed E-state index contributed by atoms with van der Waals surface area (Å²) >= 11 is -9.86. The van der Waals surface area contributed by atoms with Gasteiger partial charge in [0.05, 0.1) is 0 Å². The molecule has 0 fully saturated rings. The first-order valence-corrected chi connectivity index (χ1v) is 16.5. The van der Waals surface area contributed by atoms with Gasteiger partial charge in [0.25, 0.3) is 0 Å². The minimum atomic E-state index is -9.86. The van der Waals surface area contributed by atoms with Crippen molar-refractivity contribution in [3.8, 4) is 0 Å². The zero-order chi connectivity index (χ0) is 34.4. The quantitative estimate of drug-likeness (QED) is 0.106. The average Bonchev–Trinajstić information content (AvgIpc) is 3.00. The predicted octanol–water partition coefficient (Wildman–Crippen LogP) is 5.85. The maximum atomic E-state index is 15.4. The van der Waals surface area contributed by atoms with Gasteiger partial charge >= 0.3 is 237 Å². The van der Waals surface area contributed by atoms with Gasteiger partial charge in [0, 0.05) is 0 Å². The Bertz CT molecular complexity index is 1570. The van der Waals surface area contributed by atoms with E-state index in [-0.39, 0.29) is 0 Å². The normalized spacial score (nSPS) is 12.0. The molecule has 0 aromatic heterocycles. The zero-order valence-electron chi connectivity index (χ0n) is 20.1. The molecular weight excluding hydrogens is 787 g/mol. The zero-order valence-corrected chi connectivity index (χ0v) is 22.9. The predicted molar refractivity (Wildman–Crippen MR) is 109 cm³/mol. The molecular formula is C24F20Sn. The fourth-order valence-electron chi connectivity index (χ4n) is 4.49. The van der Waals surface area contributed by atoms with Crippen LogP contribution in [-0.4, -0.2) is 18.4 Å². The van der Waals surface area contributed by atoms with E-state index in [1.807, 2.05) is 0 Å². The Morgan fingerprint density at radius 1 is 0.156 bits per heavy atom. The van der Waals surface area contributed by atoms with Crippen molar-refractivity contribution in [2.75, 3.05) is 0 Å². The van der Waals surface area contributed by atoms with E-state index in [0.717, 1.165) is 0 Å². The first-order valence-electron chi connectivity index (χ1n) is 10.8. The van der Waals surface area contributed by atoms with Gasteiger partial charge in [0.15, 0.2) is 0 Å². The van der Waals surface area contributed by atoms with E-state index in [1.165, 1.54) is 0 Å². The van der Waals surface area contributed by atoms with E-state index in [4.69, 9.17) is 0 Å². The van der Waals surface area contributed by atoms with E-state index in [9.17, 15) is 52.7 Å². The molecule has 0 heterocycles. The molecule has 0 amide bonds. The summed E-state index contributed by atoms with van der Waals surface area (Å²) in [6.07, 6.45) is 0. The molecule has 21 heteroatoms. The van der Waals surface area contributed by atoms with Gasteiger partial charge in [0.2, 0.25) is 0 Å². The Hall–Kier alpha value is -3.72. The van der Waals surface area contributed by atoms with Crippen molar-refractivity contribution in [3.63, 3.8) is 0 Å². The molecule has 4 rings (SSSR count). The number of benzene rings is 4.